The van der Waals surface area contributed by atoms with E-state index in [0.29, 0.717) is 18.5 Å². The van der Waals surface area contributed by atoms with Gasteiger partial charge in [0.25, 0.3) is 0 Å². The second-order valence-electron chi connectivity index (χ2n) is 4.71. The molecule has 4 nitrogen and oxygen atoms in total. The van der Waals surface area contributed by atoms with Gasteiger partial charge in [-0.2, -0.15) is 0 Å². The molecule has 4 heteroatoms. The molecule has 0 aliphatic heterocycles. The van der Waals surface area contributed by atoms with Crippen LogP contribution in [0.25, 0.3) is 0 Å². The van der Waals surface area contributed by atoms with Crippen molar-refractivity contribution in [2.45, 2.75) is 39.3 Å². The van der Waals surface area contributed by atoms with Crippen molar-refractivity contribution in [2.75, 3.05) is 20.6 Å². The van der Waals surface area contributed by atoms with E-state index in [0.717, 1.165) is 0 Å². The van der Waals surface area contributed by atoms with Crippen molar-refractivity contribution in [1.29, 1.82) is 0 Å². The van der Waals surface area contributed by atoms with Gasteiger partial charge in [0, 0.05) is 11.6 Å². The van der Waals surface area contributed by atoms with Crippen LogP contribution >= 0.6 is 0 Å². The van der Waals surface area contributed by atoms with Crippen LogP contribution in [0.2, 0.25) is 0 Å². The van der Waals surface area contributed by atoms with Gasteiger partial charge in [-0.3, -0.25) is 4.99 Å². The molecule has 84 valence electrons. The summed E-state index contributed by atoms with van der Waals surface area (Å²) < 4.78 is 0. The number of aliphatic imine (C=N–C) groups is 1. The van der Waals surface area contributed by atoms with Gasteiger partial charge in [0.1, 0.15) is 0 Å². The van der Waals surface area contributed by atoms with Crippen LogP contribution in [-0.4, -0.2) is 43.1 Å². The van der Waals surface area contributed by atoms with Gasteiger partial charge in [0.15, 0.2) is 5.96 Å². The number of rotatable bonds is 4. The number of hydrogen-bond donors (Lipinski definition) is 2. The summed E-state index contributed by atoms with van der Waals surface area (Å²) in [5.74, 6) is 0.523. The smallest absolute Gasteiger partial charge is 0.188 e. The van der Waals surface area contributed by atoms with E-state index in [4.69, 9.17) is 5.73 Å². The largest absolute Gasteiger partial charge is 0.370 e. The molecule has 0 aromatic rings. The first kappa shape index (κ1) is 13.2. The normalized spacial score (nSPS) is 13.9. The van der Waals surface area contributed by atoms with Gasteiger partial charge >= 0.3 is 0 Å². The SMILES string of the molecule is CC(C)NC(N)=NCC(C)(C)N(C)C. The lowest BCUT2D eigenvalue weighted by Gasteiger charge is -2.30. The molecule has 0 radical (unpaired) electrons. The Morgan fingerprint density at radius 2 is 1.93 bits per heavy atom. The lowest BCUT2D eigenvalue weighted by Crippen LogP contribution is -2.43. The quantitative estimate of drug-likeness (QED) is 0.517. The van der Waals surface area contributed by atoms with Gasteiger partial charge < -0.3 is 16.0 Å². The number of nitrogens with one attached hydrogen (secondary N) is 1. The molecule has 0 aromatic carbocycles. The summed E-state index contributed by atoms with van der Waals surface area (Å²) in [7, 11) is 4.09. The third kappa shape index (κ3) is 5.07. The first-order valence-electron chi connectivity index (χ1n) is 4.99. The maximum atomic E-state index is 5.70. The Kier molecular flexibility index (Phi) is 4.91. The molecule has 0 aromatic heterocycles. The van der Waals surface area contributed by atoms with E-state index in [1.165, 1.54) is 0 Å². The van der Waals surface area contributed by atoms with Crippen LogP contribution in [0, 0.1) is 0 Å². The fraction of sp³-hybridized carbons (Fsp3) is 0.900. The molecule has 0 rings (SSSR count). The van der Waals surface area contributed by atoms with Gasteiger partial charge in [-0.15, -0.1) is 0 Å². The van der Waals surface area contributed by atoms with Crippen LogP contribution in [0.15, 0.2) is 4.99 Å². The molecule has 0 saturated carbocycles. The van der Waals surface area contributed by atoms with E-state index in [1.807, 2.05) is 27.9 Å². The molecular formula is C10H24N4. The van der Waals surface area contributed by atoms with Crippen molar-refractivity contribution in [3.63, 3.8) is 0 Å². The average Bonchev–Trinajstić information content (AvgIpc) is 1.99. The van der Waals surface area contributed by atoms with E-state index in [-0.39, 0.29) is 5.54 Å². The van der Waals surface area contributed by atoms with Crippen molar-refractivity contribution < 1.29 is 0 Å². The maximum Gasteiger partial charge on any atom is 0.188 e. The number of likely N-dealkylation sites (N-methyl/N-ethyl adjacent to an activating group) is 1. The second-order valence-corrected chi connectivity index (χ2v) is 4.71. The summed E-state index contributed by atoms with van der Waals surface area (Å²) in [6, 6.07) is 0.334. The summed E-state index contributed by atoms with van der Waals surface area (Å²) >= 11 is 0. The Morgan fingerprint density at radius 1 is 1.43 bits per heavy atom. The third-order valence-corrected chi connectivity index (χ3v) is 2.28. The van der Waals surface area contributed by atoms with Gasteiger partial charge in [0.2, 0.25) is 0 Å². The molecular weight excluding hydrogens is 176 g/mol. The lowest BCUT2D eigenvalue weighted by molar-refractivity contribution is 0.205. The minimum Gasteiger partial charge on any atom is -0.370 e. The standard InChI is InChI=1S/C10H24N4/c1-8(2)13-9(11)12-7-10(3,4)14(5)6/h8H,7H2,1-6H3,(H3,11,12,13). The van der Waals surface area contributed by atoms with E-state index in [9.17, 15) is 0 Å². The lowest BCUT2D eigenvalue weighted by atomic mass is 10.1. The van der Waals surface area contributed by atoms with E-state index < -0.39 is 0 Å². The van der Waals surface area contributed by atoms with Crippen molar-refractivity contribution >= 4 is 5.96 Å². The Labute approximate surface area is 87.6 Å². The average molecular weight is 200 g/mol. The van der Waals surface area contributed by atoms with Crippen LogP contribution in [0.5, 0.6) is 0 Å². The molecule has 3 N–H and O–H groups in total. The molecule has 0 atom stereocenters. The fourth-order valence-corrected chi connectivity index (χ4v) is 0.761. The van der Waals surface area contributed by atoms with Crippen LogP contribution in [0.1, 0.15) is 27.7 Å². The first-order valence-corrected chi connectivity index (χ1v) is 4.99. The highest BCUT2D eigenvalue weighted by Gasteiger charge is 2.19. The number of guanidine groups is 1. The van der Waals surface area contributed by atoms with Crippen LogP contribution in [-0.2, 0) is 0 Å². The molecule has 0 spiro atoms. The van der Waals surface area contributed by atoms with Crippen LogP contribution < -0.4 is 11.1 Å². The van der Waals surface area contributed by atoms with E-state index >= 15 is 0 Å². The Balaban J connectivity index is 4.14. The van der Waals surface area contributed by atoms with Crippen molar-refractivity contribution in [2.24, 2.45) is 10.7 Å². The molecule has 0 amide bonds. The predicted octanol–water partition coefficient (Wildman–Crippen LogP) is 0.639. The summed E-state index contributed by atoms with van der Waals surface area (Å²) in [4.78, 5) is 6.44. The minimum absolute atomic E-state index is 0.0449. The van der Waals surface area contributed by atoms with Crippen molar-refractivity contribution in [3.8, 4) is 0 Å². The molecule has 0 aliphatic rings. The fourth-order valence-electron chi connectivity index (χ4n) is 0.761. The van der Waals surface area contributed by atoms with Crippen molar-refractivity contribution in [1.82, 2.24) is 10.2 Å². The summed E-state index contributed by atoms with van der Waals surface area (Å²) in [5.41, 5.74) is 5.75. The molecule has 0 bridgehead atoms. The summed E-state index contributed by atoms with van der Waals surface area (Å²) in [5, 5.41) is 3.06. The summed E-state index contributed by atoms with van der Waals surface area (Å²) in [6.07, 6.45) is 0. The molecule has 0 heterocycles. The van der Waals surface area contributed by atoms with Crippen LogP contribution in [0.4, 0.5) is 0 Å². The Bertz CT molecular complexity index is 194. The van der Waals surface area contributed by atoms with Gasteiger partial charge in [-0.25, -0.2) is 0 Å². The molecule has 14 heavy (non-hydrogen) atoms. The van der Waals surface area contributed by atoms with Crippen molar-refractivity contribution in [3.05, 3.63) is 0 Å². The highest BCUT2D eigenvalue weighted by Crippen LogP contribution is 2.09. The zero-order chi connectivity index (χ0) is 11.4. The van der Waals surface area contributed by atoms with E-state index in [1.54, 1.807) is 0 Å². The minimum atomic E-state index is 0.0449. The maximum absolute atomic E-state index is 5.70. The topological polar surface area (TPSA) is 53.6 Å². The molecule has 0 aliphatic carbocycles. The monoisotopic (exact) mass is 200 g/mol. The summed E-state index contributed by atoms with van der Waals surface area (Å²) in [6.45, 7) is 9.06. The van der Waals surface area contributed by atoms with E-state index in [2.05, 4.69) is 29.1 Å². The zero-order valence-corrected chi connectivity index (χ0v) is 10.3. The molecule has 0 saturated heterocycles. The highest BCUT2D eigenvalue weighted by molar-refractivity contribution is 5.78. The first-order chi connectivity index (χ1) is 6.25. The number of hydrogen-bond acceptors (Lipinski definition) is 2. The number of nitrogens with two attached hydrogens (primary N) is 1. The third-order valence-electron chi connectivity index (χ3n) is 2.28. The molecule has 0 fully saturated rings. The Morgan fingerprint density at radius 3 is 2.29 bits per heavy atom. The predicted molar refractivity (Wildman–Crippen MR) is 62.5 cm³/mol. The van der Waals surface area contributed by atoms with Crippen LogP contribution in [0.3, 0.4) is 0 Å². The van der Waals surface area contributed by atoms with Gasteiger partial charge in [-0.1, -0.05) is 0 Å². The molecule has 0 unspecified atom stereocenters. The van der Waals surface area contributed by atoms with Gasteiger partial charge in [0.05, 0.1) is 6.54 Å². The number of nitrogens with zero attached hydrogens (tertiary/aromatic N) is 2. The second kappa shape index (κ2) is 5.20. The Hall–Kier alpha value is -0.770. The zero-order valence-electron chi connectivity index (χ0n) is 10.3. The van der Waals surface area contributed by atoms with Gasteiger partial charge in [-0.05, 0) is 41.8 Å². The highest BCUT2D eigenvalue weighted by atomic mass is 15.2.